The van der Waals surface area contributed by atoms with E-state index in [9.17, 15) is 4.79 Å². The molecule has 0 radical (unpaired) electrons. The van der Waals surface area contributed by atoms with Crippen LogP contribution in [-0.4, -0.2) is 27.2 Å². The van der Waals surface area contributed by atoms with E-state index in [2.05, 4.69) is 74.2 Å². The number of hydrogen-bond donors (Lipinski definition) is 0. The first-order valence-corrected chi connectivity index (χ1v) is 12.7. The zero-order valence-corrected chi connectivity index (χ0v) is 22.3. The molecule has 3 rings (SSSR count). The van der Waals surface area contributed by atoms with E-state index in [1.807, 2.05) is 44.4 Å². The molecule has 0 unspecified atom stereocenters. The van der Waals surface area contributed by atoms with Crippen LogP contribution in [0.25, 0.3) is 6.08 Å². The quantitative estimate of drug-likeness (QED) is 0.237. The number of benzene rings is 3. The Hall–Kier alpha value is -3.18. The number of ether oxygens (including phenoxy) is 2. The number of nitrogens with zero attached hydrogens (tertiary/aromatic N) is 1. The largest absolute Gasteiger partial charge is 0.489 e. The third-order valence-electron chi connectivity index (χ3n) is 5.64. The summed E-state index contributed by atoms with van der Waals surface area (Å²) in [6, 6.07) is 24.6. The van der Waals surface area contributed by atoms with Crippen molar-refractivity contribution in [3.8, 4) is 5.75 Å². The van der Waals surface area contributed by atoms with Crippen LogP contribution in [0.15, 0.2) is 77.7 Å². The zero-order valence-electron chi connectivity index (χ0n) is 21.5. The maximum Gasteiger partial charge on any atom is 0.344 e. The van der Waals surface area contributed by atoms with Gasteiger partial charge in [-0.05, 0) is 58.0 Å². The number of carbonyl (C=O) groups excluding carboxylic acids is 1. The van der Waals surface area contributed by atoms with E-state index in [1.165, 1.54) is 24.4 Å². The molecule has 0 fully saturated rings. The highest BCUT2D eigenvalue weighted by Crippen LogP contribution is 2.27. The van der Waals surface area contributed by atoms with Gasteiger partial charge in [0.15, 0.2) is 0 Å². The maximum absolute atomic E-state index is 12.4. The second kappa shape index (κ2) is 12.0. The van der Waals surface area contributed by atoms with Crippen molar-refractivity contribution in [2.24, 2.45) is 0 Å². The summed E-state index contributed by atoms with van der Waals surface area (Å²) in [7, 11) is 5.44. The Morgan fingerprint density at radius 3 is 2.03 bits per heavy atom. The van der Waals surface area contributed by atoms with Crippen LogP contribution in [0.3, 0.4) is 0 Å². The van der Waals surface area contributed by atoms with E-state index in [0.717, 1.165) is 28.1 Å². The Bertz CT molecular complexity index is 1130. The normalized spacial score (nSPS) is 11.8. The van der Waals surface area contributed by atoms with Gasteiger partial charge in [-0.15, -0.1) is 11.8 Å². The van der Waals surface area contributed by atoms with Crippen LogP contribution >= 0.6 is 11.8 Å². The van der Waals surface area contributed by atoms with Crippen LogP contribution in [0, 0.1) is 0 Å². The van der Waals surface area contributed by atoms with Crippen LogP contribution in [-0.2, 0) is 27.3 Å². The summed E-state index contributed by atoms with van der Waals surface area (Å²) < 4.78 is 11.0. The van der Waals surface area contributed by atoms with Crippen molar-refractivity contribution in [3.05, 3.63) is 100.0 Å². The number of thioether (sulfide) groups is 1. The molecular weight excluding hydrogens is 454 g/mol. The van der Waals surface area contributed by atoms with Crippen LogP contribution in [0.2, 0.25) is 0 Å². The van der Waals surface area contributed by atoms with Crippen LogP contribution in [0.5, 0.6) is 5.75 Å². The fourth-order valence-electron chi connectivity index (χ4n) is 3.39. The third-order valence-corrected chi connectivity index (χ3v) is 6.71. The zero-order chi connectivity index (χ0) is 25.4. The lowest BCUT2D eigenvalue weighted by atomic mass is 9.87. The third kappa shape index (κ3) is 7.93. The molecule has 0 bridgehead atoms. The van der Waals surface area contributed by atoms with Gasteiger partial charge in [-0.3, -0.25) is 0 Å². The Morgan fingerprint density at radius 2 is 1.49 bits per heavy atom. The smallest absolute Gasteiger partial charge is 0.344 e. The predicted octanol–water partition coefficient (Wildman–Crippen LogP) is 7.08. The van der Waals surface area contributed by atoms with Gasteiger partial charge in [0.25, 0.3) is 0 Å². The minimum Gasteiger partial charge on any atom is -0.489 e. The number of carbonyl (C=O) groups is 1. The molecular formula is C30H35NO3S. The molecule has 0 amide bonds. The highest BCUT2D eigenvalue weighted by Gasteiger charge is 2.13. The molecule has 4 nitrogen and oxygen atoms in total. The summed E-state index contributed by atoms with van der Waals surface area (Å²) in [4.78, 5) is 15.0. The van der Waals surface area contributed by atoms with Gasteiger partial charge in [-0.1, -0.05) is 69.3 Å². The number of rotatable bonds is 9. The topological polar surface area (TPSA) is 38.8 Å². The van der Waals surface area contributed by atoms with Crippen molar-refractivity contribution >= 4 is 29.5 Å². The van der Waals surface area contributed by atoms with Crippen molar-refractivity contribution in [1.82, 2.24) is 0 Å². The molecule has 0 N–H and O–H groups in total. The molecule has 0 atom stereocenters. The van der Waals surface area contributed by atoms with Gasteiger partial charge in [-0.2, -0.15) is 0 Å². The molecule has 35 heavy (non-hydrogen) atoms. The van der Waals surface area contributed by atoms with E-state index in [0.29, 0.717) is 17.3 Å². The Balaban J connectivity index is 1.62. The average Bonchev–Trinajstić information content (AvgIpc) is 2.85. The van der Waals surface area contributed by atoms with E-state index in [1.54, 1.807) is 0 Å². The van der Waals surface area contributed by atoms with Gasteiger partial charge in [0, 0.05) is 25.5 Å². The monoisotopic (exact) mass is 489 g/mol. The standard InChI is InChI=1S/C30H35NO3S/c1-30(2,3)25-13-7-23(8-14-25)20-34-27-17-11-22(12-18-27)19-28(29(32)33-6)35-21-24-9-15-26(16-10-24)31(4)5/h7-19H,20-21H2,1-6H3. The van der Waals surface area contributed by atoms with Gasteiger partial charge in [0.05, 0.1) is 12.0 Å². The van der Waals surface area contributed by atoms with E-state index < -0.39 is 0 Å². The molecule has 5 heteroatoms. The van der Waals surface area contributed by atoms with Gasteiger partial charge < -0.3 is 14.4 Å². The molecule has 0 saturated carbocycles. The summed E-state index contributed by atoms with van der Waals surface area (Å²) in [6.45, 7) is 7.14. The first kappa shape index (κ1) is 26.4. The molecule has 0 spiro atoms. The summed E-state index contributed by atoms with van der Waals surface area (Å²) in [5.41, 5.74) is 5.79. The molecule has 0 aromatic heterocycles. The predicted molar refractivity (Wildman–Crippen MR) is 148 cm³/mol. The molecule has 0 aliphatic heterocycles. The van der Waals surface area contributed by atoms with Gasteiger partial charge in [-0.25, -0.2) is 4.79 Å². The number of methoxy groups -OCH3 is 1. The van der Waals surface area contributed by atoms with Crippen LogP contribution in [0.4, 0.5) is 5.69 Å². The first-order valence-electron chi connectivity index (χ1n) is 11.7. The van der Waals surface area contributed by atoms with E-state index in [4.69, 9.17) is 9.47 Å². The first-order chi connectivity index (χ1) is 16.7. The lowest BCUT2D eigenvalue weighted by Gasteiger charge is -2.19. The summed E-state index contributed by atoms with van der Waals surface area (Å²) in [5, 5.41) is 0. The lowest BCUT2D eigenvalue weighted by molar-refractivity contribution is -0.135. The second-order valence-corrected chi connectivity index (χ2v) is 10.7. The summed E-state index contributed by atoms with van der Waals surface area (Å²) in [6.07, 6.45) is 1.86. The molecule has 0 heterocycles. The molecule has 184 valence electrons. The van der Waals surface area contributed by atoms with Crippen LogP contribution < -0.4 is 9.64 Å². The van der Waals surface area contributed by atoms with Crippen molar-refractivity contribution in [2.45, 2.75) is 38.5 Å². The van der Waals surface area contributed by atoms with Crippen molar-refractivity contribution < 1.29 is 14.3 Å². The maximum atomic E-state index is 12.4. The molecule has 0 aliphatic carbocycles. The lowest BCUT2D eigenvalue weighted by Crippen LogP contribution is -2.10. The SMILES string of the molecule is COC(=O)C(=Cc1ccc(OCc2ccc(C(C)(C)C)cc2)cc1)SCc1ccc(N(C)C)cc1. The van der Waals surface area contributed by atoms with E-state index >= 15 is 0 Å². The fourth-order valence-corrected chi connectivity index (χ4v) is 4.33. The Morgan fingerprint density at radius 1 is 0.886 bits per heavy atom. The second-order valence-electron chi connectivity index (χ2n) is 9.65. The molecule has 3 aromatic carbocycles. The minimum absolute atomic E-state index is 0.140. The molecule has 3 aromatic rings. The van der Waals surface area contributed by atoms with Gasteiger partial charge >= 0.3 is 5.97 Å². The number of anilines is 1. The van der Waals surface area contributed by atoms with Gasteiger partial charge in [0.1, 0.15) is 12.4 Å². The fraction of sp³-hybridized carbons (Fsp3) is 0.300. The minimum atomic E-state index is -0.334. The highest BCUT2D eigenvalue weighted by atomic mass is 32.2. The van der Waals surface area contributed by atoms with Crippen molar-refractivity contribution in [3.63, 3.8) is 0 Å². The van der Waals surface area contributed by atoms with Crippen molar-refractivity contribution in [2.75, 3.05) is 26.1 Å². The van der Waals surface area contributed by atoms with Gasteiger partial charge in [0.2, 0.25) is 0 Å². The van der Waals surface area contributed by atoms with Crippen LogP contribution in [0.1, 0.15) is 43.0 Å². The average molecular weight is 490 g/mol. The Kier molecular flexibility index (Phi) is 9.05. The number of hydrogen-bond acceptors (Lipinski definition) is 5. The Labute approximate surface area is 214 Å². The van der Waals surface area contributed by atoms with Crippen molar-refractivity contribution in [1.29, 1.82) is 0 Å². The molecule has 0 saturated heterocycles. The van der Waals surface area contributed by atoms with E-state index in [-0.39, 0.29) is 11.4 Å². The summed E-state index contributed by atoms with van der Waals surface area (Å²) >= 11 is 1.47. The highest BCUT2D eigenvalue weighted by molar-refractivity contribution is 8.03. The number of esters is 1. The summed E-state index contributed by atoms with van der Waals surface area (Å²) in [5.74, 6) is 1.14. The molecule has 0 aliphatic rings.